The smallest absolute Gasteiger partial charge is 0.223 e. The SMILES string of the molecule is Cl.O=C(NCC1CCCNC1)C(C1CC1)C1CC1. The predicted octanol–water partition coefficient (Wildman–Crippen LogP) is 1.96. The second-order valence-corrected chi connectivity index (χ2v) is 6.16. The van der Waals surface area contributed by atoms with E-state index in [2.05, 4.69) is 10.6 Å². The van der Waals surface area contributed by atoms with Crippen molar-refractivity contribution in [3.05, 3.63) is 0 Å². The molecule has 0 radical (unpaired) electrons. The van der Waals surface area contributed by atoms with E-state index in [1.54, 1.807) is 0 Å². The minimum absolute atomic E-state index is 0. The van der Waals surface area contributed by atoms with Crippen molar-refractivity contribution in [1.82, 2.24) is 10.6 Å². The molecule has 4 heteroatoms. The van der Waals surface area contributed by atoms with Crippen molar-refractivity contribution in [2.75, 3.05) is 19.6 Å². The Balaban J connectivity index is 0.00000120. The van der Waals surface area contributed by atoms with E-state index in [4.69, 9.17) is 0 Å². The number of piperidine rings is 1. The van der Waals surface area contributed by atoms with Gasteiger partial charge >= 0.3 is 0 Å². The maximum atomic E-state index is 12.2. The fraction of sp³-hybridized carbons (Fsp3) is 0.929. The van der Waals surface area contributed by atoms with Gasteiger partial charge in [-0.15, -0.1) is 12.4 Å². The lowest BCUT2D eigenvalue weighted by molar-refractivity contribution is -0.126. The summed E-state index contributed by atoms with van der Waals surface area (Å²) in [6, 6.07) is 0. The molecule has 2 N–H and O–H groups in total. The molecule has 1 heterocycles. The average Bonchev–Trinajstić information content (AvgIpc) is 3.22. The van der Waals surface area contributed by atoms with Gasteiger partial charge in [-0.3, -0.25) is 4.79 Å². The highest BCUT2D eigenvalue weighted by atomic mass is 35.5. The average molecular weight is 273 g/mol. The summed E-state index contributed by atoms with van der Waals surface area (Å²) in [6.07, 6.45) is 7.69. The minimum Gasteiger partial charge on any atom is -0.356 e. The molecule has 1 amide bonds. The van der Waals surface area contributed by atoms with Crippen LogP contribution in [-0.4, -0.2) is 25.5 Å². The Bertz CT molecular complexity index is 272. The Morgan fingerprint density at radius 1 is 1.17 bits per heavy atom. The Morgan fingerprint density at radius 2 is 1.83 bits per heavy atom. The third-order valence-corrected chi connectivity index (χ3v) is 4.53. The second kappa shape index (κ2) is 6.25. The Labute approximate surface area is 116 Å². The van der Waals surface area contributed by atoms with Gasteiger partial charge in [0.05, 0.1) is 0 Å². The summed E-state index contributed by atoms with van der Waals surface area (Å²) < 4.78 is 0. The first-order chi connectivity index (χ1) is 8.34. The highest BCUT2D eigenvalue weighted by Crippen LogP contribution is 2.49. The standard InChI is InChI=1S/C14H24N2O.ClH/c17-14(13(11-3-4-11)12-5-6-12)16-9-10-2-1-7-15-8-10;/h10-13,15H,1-9H2,(H,16,17);1H. The molecule has 1 aliphatic heterocycles. The molecule has 0 bridgehead atoms. The van der Waals surface area contributed by atoms with E-state index >= 15 is 0 Å². The van der Waals surface area contributed by atoms with Gasteiger partial charge in [-0.05, 0) is 69.4 Å². The summed E-state index contributed by atoms with van der Waals surface area (Å²) in [4.78, 5) is 12.2. The number of hydrogen-bond donors (Lipinski definition) is 2. The van der Waals surface area contributed by atoms with Crippen LogP contribution in [0.15, 0.2) is 0 Å². The van der Waals surface area contributed by atoms with E-state index in [0.29, 0.717) is 17.7 Å². The third-order valence-electron chi connectivity index (χ3n) is 4.53. The molecule has 0 aromatic heterocycles. The molecule has 1 unspecified atom stereocenters. The summed E-state index contributed by atoms with van der Waals surface area (Å²) in [5, 5.41) is 6.62. The minimum atomic E-state index is 0. The summed E-state index contributed by atoms with van der Waals surface area (Å²) in [5.74, 6) is 2.85. The number of rotatable bonds is 5. The van der Waals surface area contributed by atoms with Crippen molar-refractivity contribution < 1.29 is 4.79 Å². The third kappa shape index (κ3) is 3.61. The second-order valence-electron chi connectivity index (χ2n) is 6.16. The summed E-state index contributed by atoms with van der Waals surface area (Å²) in [5.41, 5.74) is 0. The van der Waals surface area contributed by atoms with Crippen LogP contribution in [0.3, 0.4) is 0 Å². The van der Waals surface area contributed by atoms with E-state index < -0.39 is 0 Å². The van der Waals surface area contributed by atoms with Gasteiger partial charge in [0.2, 0.25) is 5.91 Å². The van der Waals surface area contributed by atoms with Crippen LogP contribution >= 0.6 is 12.4 Å². The molecule has 3 rings (SSSR count). The summed E-state index contributed by atoms with van der Waals surface area (Å²) in [7, 11) is 0. The zero-order valence-electron chi connectivity index (χ0n) is 11.0. The van der Waals surface area contributed by atoms with Crippen molar-refractivity contribution in [2.45, 2.75) is 38.5 Å². The number of carbonyl (C=O) groups is 1. The van der Waals surface area contributed by atoms with Gasteiger partial charge in [0, 0.05) is 12.5 Å². The van der Waals surface area contributed by atoms with Crippen LogP contribution in [0.2, 0.25) is 0 Å². The van der Waals surface area contributed by atoms with Crippen LogP contribution in [0.4, 0.5) is 0 Å². The molecular formula is C14H25ClN2O. The van der Waals surface area contributed by atoms with Crippen molar-refractivity contribution in [1.29, 1.82) is 0 Å². The van der Waals surface area contributed by atoms with E-state index in [1.807, 2.05) is 0 Å². The van der Waals surface area contributed by atoms with Crippen molar-refractivity contribution >= 4 is 18.3 Å². The highest BCUT2D eigenvalue weighted by Gasteiger charge is 2.45. The molecule has 2 aliphatic carbocycles. The molecule has 0 aromatic carbocycles. The first-order valence-corrected chi connectivity index (χ1v) is 7.33. The number of halogens is 1. The molecule has 3 nitrogen and oxygen atoms in total. The first-order valence-electron chi connectivity index (χ1n) is 7.33. The summed E-state index contributed by atoms with van der Waals surface area (Å²) in [6.45, 7) is 3.12. The topological polar surface area (TPSA) is 41.1 Å². The quantitative estimate of drug-likeness (QED) is 0.803. The lowest BCUT2D eigenvalue weighted by Crippen LogP contribution is -2.41. The number of nitrogens with one attached hydrogen (secondary N) is 2. The van der Waals surface area contributed by atoms with Crippen molar-refractivity contribution in [3.8, 4) is 0 Å². The Morgan fingerprint density at radius 3 is 2.33 bits per heavy atom. The molecule has 3 aliphatic rings. The van der Waals surface area contributed by atoms with Gasteiger partial charge in [-0.2, -0.15) is 0 Å². The van der Waals surface area contributed by atoms with E-state index in [1.165, 1.54) is 38.5 Å². The van der Waals surface area contributed by atoms with Gasteiger partial charge in [-0.25, -0.2) is 0 Å². The number of carbonyl (C=O) groups excluding carboxylic acids is 1. The number of amides is 1. The molecule has 104 valence electrons. The maximum absolute atomic E-state index is 12.2. The van der Waals surface area contributed by atoms with Crippen LogP contribution in [0.1, 0.15) is 38.5 Å². The molecule has 0 spiro atoms. The van der Waals surface area contributed by atoms with Gasteiger partial charge in [0.1, 0.15) is 0 Å². The van der Waals surface area contributed by atoms with Gasteiger partial charge in [0.15, 0.2) is 0 Å². The van der Waals surface area contributed by atoms with E-state index in [-0.39, 0.29) is 12.4 Å². The van der Waals surface area contributed by atoms with E-state index in [0.717, 1.165) is 31.5 Å². The first kappa shape index (κ1) is 14.1. The largest absolute Gasteiger partial charge is 0.356 e. The molecule has 0 aromatic rings. The van der Waals surface area contributed by atoms with Crippen LogP contribution in [0.5, 0.6) is 0 Å². The van der Waals surface area contributed by atoms with Gasteiger partial charge in [-0.1, -0.05) is 0 Å². The normalized spacial score (nSPS) is 27.7. The van der Waals surface area contributed by atoms with Crippen LogP contribution in [-0.2, 0) is 4.79 Å². The molecule has 18 heavy (non-hydrogen) atoms. The molecule has 3 fully saturated rings. The molecule has 1 atom stereocenters. The van der Waals surface area contributed by atoms with Crippen molar-refractivity contribution in [3.63, 3.8) is 0 Å². The fourth-order valence-electron chi connectivity index (χ4n) is 3.18. The molecular weight excluding hydrogens is 248 g/mol. The van der Waals surface area contributed by atoms with Gasteiger partial charge < -0.3 is 10.6 Å². The zero-order valence-corrected chi connectivity index (χ0v) is 11.8. The van der Waals surface area contributed by atoms with Crippen LogP contribution in [0, 0.1) is 23.7 Å². The van der Waals surface area contributed by atoms with Crippen LogP contribution < -0.4 is 10.6 Å². The van der Waals surface area contributed by atoms with Crippen LogP contribution in [0.25, 0.3) is 0 Å². The highest BCUT2D eigenvalue weighted by molar-refractivity contribution is 5.85. The predicted molar refractivity (Wildman–Crippen MR) is 74.8 cm³/mol. The fourth-order valence-corrected chi connectivity index (χ4v) is 3.18. The lowest BCUT2D eigenvalue weighted by atomic mass is 9.95. The lowest BCUT2D eigenvalue weighted by Gasteiger charge is -2.24. The molecule has 1 saturated heterocycles. The molecule has 2 saturated carbocycles. The zero-order chi connectivity index (χ0) is 11.7. The van der Waals surface area contributed by atoms with E-state index in [9.17, 15) is 4.79 Å². The monoisotopic (exact) mass is 272 g/mol. The van der Waals surface area contributed by atoms with Gasteiger partial charge in [0.25, 0.3) is 0 Å². The summed E-state index contributed by atoms with van der Waals surface area (Å²) >= 11 is 0. The Hall–Kier alpha value is -0.280. The van der Waals surface area contributed by atoms with Crippen molar-refractivity contribution in [2.24, 2.45) is 23.7 Å². The Kier molecular flexibility index (Phi) is 4.91. The maximum Gasteiger partial charge on any atom is 0.223 e. The number of hydrogen-bond acceptors (Lipinski definition) is 2.